The average Bonchev–Trinajstić information content (AvgIpc) is 3.43. The van der Waals surface area contributed by atoms with Gasteiger partial charge in [-0.2, -0.15) is 0 Å². The molecule has 36 heavy (non-hydrogen) atoms. The predicted octanol–water partition coefficient (Wildman–Crippen LogP) is 6.05. The van der Waals surface area contributed by atoms with Crippen LogP contribution in [0.15, 0.2) is 23.3 Å². The van der Waals surface area contributed by atoms with Gasteiger partial charge >= 0.3 is 11.9 Å². The Morgan fingerprint density at radius 3 is 2.25 bits per heavy atom. The first-order valence-electron chi connectivity index (χ1n) is 13.9. The molecule has 0 aromatic rings. The van der Waals surface area contributed by atoms with Gasteiger partial charge in [-0.1, -0.05) is 42.1 Å². The van der Waals surface area contributed by atoms with Gasteiger partial charge in [-0.05, 0) is 81.5 Å². The lowest BCUT2D eigenvalue weighted by atomic mass is 9.59. The number of hydrogen-bond acceptors (Lipinski definition) is 5. The summed E-state index contributed by atoms with van der Waals surface area (Å²) in [5, 5.41) is 10.0. The number of ether oxygens (including phenoxy) is 2. The van der Waals surface area contributed by atoms with E-state index in [1.807, 2.05) is 0 Å². The number of fused-ring (bicyclic) bond motifs is 1. The number of rotatable bonds is 5. The first-order chi connectivity index (χ1) is 16.9. The van der Waals surface area contributed by atoms with E-state index in [4.69, 9.17) is 9.47 Å². The van der Waals surface area contributed by atoms with Crippen molar-refractivity contribution in [2.45, 2.75) is 123 Å². The second kappa shape index (κ2) is 10.4. The zero-order valence-corrected chi connectivity index (χ0v) is 22.8. The molecule has 5 atom stereocenters. The highest BCUT2D eigenvalue weighted by Crippen LogP contribution is 2.69. The van der Waals surface area contributed by atoms with Crippen LogP contribution in [0.4, 0.5) is 0 Å². The topological polar surface area (TPSA) is 72.8 Å². The number of esters is 2. The summed E-state index contributed by atoms with van der Waals surface area (Å²) in [4.78, 5) is 23.1. The van der Waals surface area contributed by atoms with Gasteiger partial charge in [0.1, 0.15) is 17.8 Å². The molecule has 3 unspecified atom stereocenters. The maximum atomic E-state index is 11.6. The monoisotopic (exact) mass is 496 g/mol. The van der Waals surface area contributed by atoms with Crippen molar-refractivity contribution < 1.29 is 24.2 Å². The van der Waals surface area contributed by atoms with Crippen LogP contribution in [-0.2, 0) is 19.1 Å². The third-order valence-electron chi connectivity index (χ3n) is 9.13. The van der Waals surface area contributed by atoms with E-state index in [2.05, 4.69) is 30.9 Å². The Hall–Kier alpha value is -2.06. The molecule has 0 bridgehead atoms. The molecule has 4 fully saturated rings. The van der Waals surface area contributed by atoms with Crippen molar-refractivity contribution in [1.82, 2.24) is 0 Å². The standard InChI is InChI=1S/C31H44O5/c1-21(32)35-25-18-23(19-26(20-25)36-22(2)33)9-10-24-8-6-14-30(5)27(24)11-12-28(30)31(16-17-31)15-7-13-29(3,4)34/h9-10,25-28,34H,6,8,11-12,14-20H2,1-5H3/t25-,26?,27?,28?,30+/m1/s1. The highest BCUT2D eigenvalue weighted by atomic mass is 16.6. The van der Waals surface area contributed by atoms with E-state index in [1.165, 1.54) is 57.9 Å². The summed E-state index contributed by atoms with van der Waals surface area (Å²) in [6.45, 7) is 8.90. The molecule has 0 aliphatic heterocycles. The molecule has 0 radical (unpaired) electrons. The van der Waals surface area contributed by atoms with Crippen LogP contribution in [0.5, 0.6) is 0 Å². The van der Waals surface area contributed by atoms with Crippen LogP contribution in [-0.4, -0.2) is 34.9 Å². The first-order valence-corrected chi connectivity index (χ1v) is 13.9. The summed E-state index contributed by atoms with van der Waals surface area (Å²) < 4.78 is 11.0. The van der Waals surface area contributed by atoms with Gasteiger partial charge in [-0.25, -0.2) is 0 Å². The lowest BCUT2D eigenvalue weighted by Gasteiger charge is -2.45. The van der Waals surface area contributed by atoms with Crippen LogP contribution in [0.3, 0.4) is 0 Å². The second-order valence-corrected chi connectivity index (χ2v) is 12.6. The quantitative estimate of drug-likeness (QED) is 0.371. The molecule has 1 N–H and O–H groups in total. The fourth-order valence-electron chi connectivity index (χ4n) is 7.63. The number of hydrogen-bond donors (Lipinski definition) is 1. The van der Waals surface area contributed by atoms with Crippen LogP contribution in [0.1, 0.15) is 105 Å². The predicted molar refractivity (Wildman–Crippen MR) is 140 cm³/mol. The summed E-state index contributed by atoms with van der Waals surface area (Å²) in [6.07, 6.45) is 15.6. The Balaban J connectivity index is 1.50. The molecule has 0 amide bonds. The largest absolute Gasteiger partial charge is 0.462 e. The molecule has 198 valence electrons. The molecule has 0 heterocycles. The van der Waals surface area contributed by atoms with Crippen molar-refractivity contribution in [3.8, 4) is 11.8 Å². The Morgan fingerprint density at radius 2 is 1.69 bits per heavy atom. The van der Waals surface area contributed by atoms with Crippen LogP contribution < -0.4 is 0 Å². The van der Waals surface area contributed by atoms with Gasteiger partial charge in [-0.3, -0.25) is 9.59 Å². The summed E-state index contributed by atoms with van der Waals surface area (Å²) in [5.74, 6) is 7.10. The smallest absolute Gasteiger partial charge is 0.302 e. The van der Waals surface area contributed by atoms with Crippen LogP contribution in [0, 0.1) is 34.5 Å². The van der Waals surface area contributed by atoms with Crippen LogP contribution in [0.2, 0.25) is 0 Å². The SMILES string of the molecule is CC(=O)OC1CC(=CC=C2CCC[C@@]3(C)C2CCC3C2(CC#CC(C)(C)O)CC2)C[C@@H](OC(C)=O)C1. The molecule has 0 aromatic heterocycles. The van der Waals surface area contributed by atoms with Gasteiger partial charge in [0.2, 0.25) is 0 Å². The lowest BCUT2D eigenvalue weighted by molar-refractivity contribution is -0.154. The van der Waals surface area contributed by atoms with Gasteiger partial charge in [0.05, 0.1) is 0 Å². The zero-order chi connectivity index (χ0) is 26.1. The van der Waals surface area contributed by atoms with E-state index in [1.54, 1.807) is 19.4 Å². The summed E-state index contributed by atoms with van der Waals surface area (Å²) in [6, 6.07) is 0. The zero-order valence-electron chi connectivity index (χ0n) is 22.8. The van der Waals surface area contributed by atoms with Crippen molar-refractivity contribution in [2.75, 3.05) is 0 Å². The molecule has 0 aromatic carbocycles. The van der Waals surface area contributed by atoms with Crippen molar-refractivity contribution in [2.24, 2.45) is 22.7 Å². The number of aliphatic hydroxyl groups is 1. The first kappa shape index (κ1) is 27.0. The minimum atomic E-state index is -0.922. The highest BCUT2D eigenvalue weighted by molar-refractivity contribution is 5.67. The van der Waals surface area contributed by atoms with Crippen molar-refractivity contribution >= 4 is 11.9 Å². The average molecular weight is 497 g/mol. The maximum Gasteiger partial charge on any atom is 0.302 e. The molecule has 4 aliphatic carbocycles. The van der Waals surface area contributed by atoms with E-state index in [0.29, 0.717) is 41.9 Å². The van der Waals surface area contributed by atoms with E-state index < -0.39 is 5.60 Å². The Labute approximate surface area is 217 Å². The number of carbonyl (C=O) groups excluding carboxylic acids is 2. The molecule has 4 rings (SSSR count). The Kier molecular flexibility index (Phi) is 7.77. The summed E-state index contributed by atoms with van der Waals surface area (Å²) in [7, 11) is 0. The van der Waals surface area contributed by atoms with Gasteiger partial charge in [0.15, 0.2) is 0 Å². The molecule has 4 aliphatic rings. The highest BCUT2D eigenvalue weighted by Gasteiger charge is 2.60. The Morgan fingerprint density at radius 1 is 1.06 bits per heavy atom. The second-order valence-electron chi connectivity index (χ2n) is 12.6. The van der Waals surface area contributed by atoms with Gasteiger partial charge in [-0.15, -0.1) is 0 Å². The number of carbonyl (C=O) groups is 2. The fourth-order valence-corrected chi connectivity index (χ4v) is 7.63. The Bertz CT molecular complexity index is 957. The van der Waals surface area contributed by atoms with Crippen molar-refractivity contribution in [3.63, 3.8) is 0 Å². The molecule has 0 saturated heterocycles. The third-order valence-corrected chi connectivity index (χ3v) is 9.13. The summed E-state index contributed by atoms with van der Waals surface area (Å²) in [5.41, 5.74) is 2.46. The van der Waals surface area contributed by atoms with Gasteiger partial charge < -0.3 is 14.6 Å². The normalized spacial score (nSPS) is 35.5. The minimum Gasteiger partial charge on any atom is -0.462 e. The van der Waals surface area contributed by atoms with E-state index in [-0.39, 0.29) is 24.1 Å². The van der Waals surface area contributed by atoms with Crippen LogP contribution >= 0.6 is 0 Å². The fraction of sp³-hybridized carbons (Fsp3) is 0.742. The van der Waals surface area contributed by atoms with Crippen molar-refractivity contribution in [3.05, 3.63) is 23.3 Å². The van der Waals surface area contributed by atoms with Gasteiger partial charge in [0.25, 0.3) is 0 Å². The molecule has 5 nitrogen and oxygen atoms in total. The molecule has 5 heteroatoms. The third kappa shape index (κ3) is 6.25. The van der Waals surface area contributed by atoms with Crippen molar-refractivity contribution in [1.29, 1.82) is 0 Å². The van der Waals surface area contributed by atoms with E-state index in [0.717, 1.165) is 12.8 Å². The molecule has 0 spiro atoms. The van der Waals surface area contributed by atoms with E-state index >= 15 is 0 Å². The summed E-state index contributed by atoms with van der Waals surface area (Å²) >= 11 is 0. The molecular weight excluding hydrogens is 452 g/mol. The molecular formula is C31H44O5. The molecule has 4 saturated carbocycles. The minimum absolute atomic E-state index is 0.238. The van der Waals surface area contributed by atoms with Crippen LogP contribution in [0.25, 0.3) is 0 Å². The lowest BCUT2D eigenvalue weighted by Crippen LogP contribution is -2.37. The van der Waals surface area contributed by atoms with E-state index in [9.17, 15) is 14.7 Å². The van der Waals surface area contributed by atoms with Gasteiger partial charge in [0, 0.05) is 39.5 Å². The maximum absolute atomic E-state index is 11.6. The number of allylic oxidation sites excluding steroid dienone is 3.